The van der Waals surface area contributed by atoms with Gasteiger partial charge in [0.15, 0.2) is 0 Å². The quantitative estimate of drug-likeness (QED) is 0.349. The van der Waals surface area contributed by atoms with Gasteiger partial charge in [-0.25, -0.2) is 9.59 Å². The molecule has 0 spiro atoms. The summed E-state index contributed by atoms with van der Waals surface area (Å²) in [6, 6.07) is 9.48. The number of unbranched alkanes of at least 4 members (excludes halogenated alkanes) is 4. The Morgan fingerprint density at radius 3 is 2.58 bits per heavy atom. The number of ether oxygens (including phenoxy) is 1. The lowest BCUT2D eigenvalue weighted by Crippen LogP contribution is -2.26. The molecule has 0 aliphatic rings. The van der Waals surface area contributed by atoms with Crippen LogP contribution < -0.4 is 11.0 Å². The minimum Gasteiger partial charge on any atom is -0.493 e. The van der Waals surface area contributed by atoms with E-state index in [1.54, 1.807) is 11.6 Å². The van der Waals surface area contributed by atoms with Crippen molar-refractivity contribution < 1.29 is 19.7 Å². The molecule has 1 unspecified atom stereocenters. The van der Waals surface area contributed by atoms with Crippen molar-refractivity contribution in [3.05, 3.63) is 52.1 Å². The highest BCUT2D eigenvalue weighted by Crippen LogP contribution is 2.18. The van der Waals surface area contributed by atoms with E-state index < -0.39 is 12.2 Å². The van der Waals surface area contributed by atoms with Crippen LogP contribution >= 0.6 is 0 Å². The number of hydrogen-bond acceptors (Lipinski definition) is 5. The molecule has 0 saturated carbocycles. The first-order chi connectivity index (χ1) is 15.9. The lowest BCUT2D eigenvalue weighted by atomic mass is 10.1. The third kappa shape index (κ3) is 8.96. The van der Waals surface area contributed by atoms with E-state index >= 15 is 0 Å². The first-order valence-corrected chi connectivity index (χ1v) is 12.0. The number of hydrogen-bond donors (Lipinski definition) is 3. The molecular weight excluding hydrogens is 422 g/mol. The zero-order chi connectivity index (χ0) is 24.1. The summed E-state index contributed by atoms with van der Waals surface area (Å²) in [5.74, 6) is -0.0346. The lowest BCUT2D eigenvalue weighted by Gasteiger charge is -2.12. The Hall–Kier alpha value is -2.74. The molecule has 1 aromatic carbocycles. The summed E-state index contributed by atoms with van der Waals surface area (Å²) in [7, 11) is 1.54. The van der Waals surface area contributed by atoms with Crippen LogP contribution in [0.1, 0.15) is 69.5 Å². The van der Waals surface area contributed by atoms with E-state index in [1.165, 1.54) is 11.0 Å². The highest BCUT2D eigenvalue weighted by Gasteiger charge is 2.17. The van der Waals surface area contributed by atoms with Gasteiger partial charge in [-0.1, -0.05) is 62.9 Å². The standard InChI is InChI=1S/C25H39N3O5/c1-3-4-5-9-14-21(29)16-18-28-22(23(30)27(2)25(28)32)15-10-11-17-26-24(31)33-19-20-12-7-6-8-13-20/h6-8,12-13,21,29-30H,3-5,9-11,14-19H2,1-2H3,(H,26,31). The van der Waals surface area contributed by atoms with Crippen LogP contribution in [0.25, 0.3) is 0 Å². The topological polar surface area (TPSA) is 106 Å². The second kappa shape index (κ2) is 14.4. The number of aliphatic hydroxyl groups is 1. The molecule has 0 radical (unpaired) electrons. The van der Waals surface area contributed by atoms with Crippen molar-refractivity contribution in [1.82, 2.24) is 14.5 Å². The van der Waals surface area contributed by atoms with Gasteiger partial charge in [-0.2, -0.15) is 0 Å². The van der Waals surface area contributed by atoms with E-state index in [0.717, 1.165) is 31.2 Å². The summed E-state index contributed by atoms with van der Waals surface area (Å²) < 4.78 is 7.98. The third-order valence-corrected chi connectivity index (χ3v) is 5.82. The fourth-order valence-corrected chi connectivity index (χ4v) is 3.79. The van der Waals surface area contributed by atoms with Crippen molar-refractivity contribution in [3.8, 4) is 5.88 Å². The molecule has 8 nitrogen and oxygen atoms in total. The number of aromatic hydroxyl groups is 1. The van der Waals surface area contributed by atoms with Crippen LogP contribution in [-0.2, 0) is 31.4 Å². The molecule has 0 aliphatic heterocycles. The van der Waals surface area contributed by atoms with Gasteiger partial charge in [0.2, 0.25) is 5.88 Å². The molecule has 0 bridgehead atoms. The van der Waals surface area contributed by atoms with Gasteiger partial charge in [0.25, 0.3) is 0 Å². The summed E-state index contributed by atoms with van der Waals surface area (Å²) in [6.07, 6.45) is 6.60. The molecular formula is C25H39N3O5. The lowest BCUT2D eigenvalue weighted by molar-refractivity contribution is 0.139. The number of amides is 1. The van der Waals surface area contributed by atoms with Crippen LogP contribution in [0.5, 0.6) is 5.88 Å². The number of carbonyl (C=O) groups excluding carboxylic acids is 1. The van der Waals surface area contributed by atoms with Gasteiger partial charge in [-0.3, -0.25) is 9.13 Å². The molecule has 1 atom stereocenters. The zero-order valence-corrected chi connectivity index (χ0v) is 20.0. The molecule has 0 fully saturated rings. The fourth-order valence-electron chi connectivity index (χ4n) is 3.79. The van der Waals surface area contributed by atoms with E-state index in [9.17, 15) is 19.8 Å². The van der Waals surface area contributed by atoms with Gasteiger partial charge in [-0.15, -0.1) is 0 Å². The van der Waals surface area contributed by atoms with Crippen molar-refractivity contribution in [3.63, 3.8) is 0 Å². The maximum atomic E-state index is 12.5. The Kier molecular flexibility index (Phi) is 11.6. The second-order valence-corrected chi connectivity index (χ2v) is 8.50. The first kappa shape index (κ1) is 26.5. The molecule has 2 aromatic rings. The molecule has 8 heteroatoms. The molecule has 184 valence electrons. The van der Waals surface area contributed by atoms with E-state index in [1.807, 2.05) is 30.3 Å². The Balaban J connectivity index is 1.74. The maximum Gasteiger partial charge on any atom is 0.407 e. The van der Waals surface area contributed by atoms with Crippen molar-refractivity contribution >= 4 is 6.09 Å². The smallest absolute Gasteiger partial charge is 0.407 e. The summed E-state index contributed by atoms with van der Waals surface area (Å²) >= 11 is 0. The minimum absolute atomic E-state index is 0.0346. The van der Waals surface area contributed by atoms with E-state index in [2.05, 4.69) is 12.2 Å². The predicted molar refractivity (Wildman–Crippen MR) is 128 cm³/mol. The predicted octanol–water partition coefficient (Wildman–Crippen LogP) is 3.86. The van der Waals surface area contributed by atoms with Gasteiger partial charge in [0.1, 0.15) is 6.61 Å². The Morgan fingerprint density at radius 1 is 1.09 bits per heavy atom. The average molecular weight is 462 g/mol. The molecule has 1 aromatic heterocycles. The number of carbonyl (C=O) groups is 1. The average Bonchev–Trinajstić information content (AvgIpc) is 3.02. The van der Waals surface area contributed by atoms with Crippen molar-refractivity contribution in [2.24, 2.45) is 7.05 Å². The summed E-state index contributed by atoms with van der Waals surface area (Å²) in [5, 5.41) is 23.3. The number of rotatable bonds is 15. The summed E-state index contributed by atoms with van der Waals surface area (Å²) in [5.41, 5.74) is 1.23. The number of nitrogens with zero attached hydrogens (tertiary/aromatic N) is 2. The summed E-state index contributed by atoms with van der Waals surface area (Å²) in [4.78, 5) is 24.3. The molecule has 0 aliphatic carbocycles. The van der Waals surface area contributed by atoms with E-state index in [0.29, 0.717) is 44.5 Å². The minimum atomic E-state index is -0.466. The molecule has 2 rings (SSSR count). The second-order valence-electron chi connectivity index (χ2n) is 8.50. The largest absolute Gasteiger partial charge is 0.493 e. The molecule has 33 heavy (non-hydrogen) atoms. The van der Waals surface area contributed by atoms with E-state index in [4.69, 9.17) is 4.74 Å². The molecule has 3 N–H and O–H groups in total. The highest BCUT2D eigenvalue weighted by atomic mass is 16.5. The number of imidazole rings is 1. The number of aromatic nitrogens is 2. The SMILES string of the molecule is CCCCCCC(O)CCn1c(CCCCNC(=O)OCc2ccccc2)c(O)n(C)c1=O. The van der Waals surface area contributed by atoms with Crippen LogP contribution in [0.15, 0.2) is 35.1 Å². The summed E-state index contributed by atoms with van der Waals surface area (Å²) in [6.45, 7) is 3.20. The number of alkyl carbamates (subject to hydrolysis) is 1. The van der Waals surface area contributed by atoms with Crippen LogP contribution in [0, 0.1) is 0 Å². The van der Waals surface area contributed by atoms with Gasteiger partial charge in [-0.05, 0) is 37.7 Å². The van der Waals surface area contributed by atoms with Gasteiger partial charge >= 0.3 is 11.8 Å². The number of benzene rings is 1. The third-order valence-electron chi connectivity index (χ3n) is 5.82. The van der Waals surface area contributed by atoms with Gasteiger partial charge in [0, 0.05) is 20.1 Å². The van der Waals surface area contributed by atoms with Crippen molar-refractivity contribution in [2.45, 2.75) is 84.0 Å². The molecule has 0 saturated heterocycles. The number of nitrogens with one attached hydrogen (secondary N) is 1. The van der Waals surface area contributed by atoms with Crippen LogP contribution in [0.4, 0.5) is 4.79 Å². The Bertz CT molecular complexity index is 891. The normalized spacial score (nSPS) is 12.0. The van der Waals surface area contributed by atoms with E-state index in [-0.39, 0.29) is 18.2 Å². The monoisotopic (exact) mass is 461 g/mol. The van der Waals surface area contributed by atoms with Gasteiger partial charge in [0.05, 0.1) is 11.8 Å². The first-order valence-electron chi connectivity index (χ1n) is 12.0. The Labute approximate surface area is 196 Å². The van der Waals surface area contributed by atoms with Gasteiger partial charge < -0.3 is 20.3 Å². The highest BCUT2D eigenvalue weighted by molar-refractivity contribution is 5.67. The Morgan fingerprint density at radius 2 is 1.85 bits per heavy atom. The van der Waals surface area contributed by atoms with Crippen molar-refractivity contribution in [2.75, 3.05) is 6.54 Å². The number of aliphatic hydroxyl groups excluding tert-OH is 1. The van der Waals surface area contributed by atoms with Crippen LogP contribution in [0.2, 0.25) is 0 Å². The van der Waals surface area contributed by atoms with Crippen LogP contribution in [0.3, 0.4) is 0 Å². The molecule has 1 heterocycles. The maximum absolute atomic E-state index is 12.5. The molecule has 1 amide bonds. The van der Waals surface area contributed by atoms with Crippen molar-refractivity contribution in [1.29, 1.82) is 0 Å². The van der Waals surface area contributed by atoms with Crippen LogP contribution in [-0.4, -0.2) is 38.1 Å². The zero-order valence-electron chi connectivity index (χ0n) is 20.0. The fraction of sp³-hybridized carbons (Fsp3) is 0.600.